The second-order valence-electron chi connectivity index (χ2n) is 4.34. The van der Waals surface area contributed by atoms with E-state index in [9.17, 15) is 13.2 Å². The van der Waals surface area contributed by atoms with Crippen molar-refractivity contribution in [2.75, 3.05) is 6.54 Å². The summed E-state index contributed by atoms with van der Waals surface area (Å²) in [4.78, 5) is 13.8. The number of carboxylic acid groups (broad SMARTS) is 1. The van der Waals surface area contributed by atoms with Gasteiger partial charge in [0.25, 0.3) is 0 Å². The van der Waals surface area contributed by atoms with E-state index in [1.165, 1.54) is 12.1 Å². The Labute approximate surface area is 115 Å². The molecule has 1 N–H and O–H groups in total. The van der Waals surface area contributed by atoms with E-state index in [-0.39, 0.29) is 17.9 Å². The van der Waals surface area contributed by atoms with Crippen LogP contribution in [0.1, 0.15) is 6.42 Å². The molecule has 0 saturated carbocycles. The molecule has 1 aliphatic heterocycles. The van der Waals surface area contributed by atoms with Gasteiger partial charge in [-0.1, -0.05) is 23.3 Å². The van der Waals surface area contributed by atoms with Crippen molar-refractivity contribution in [3.8, 4) is 0 Å². The summed E-state index contributed by atoms with van der Waals surface area (Å²) in [7, 11) is -3.91. The Morgan fingerprint density at radius 2 is 2.05 bits per heavy atom. The summed E-state index contributed by atoms with van der Waals surface area (Å²) in [5.41, 5.74) is 8.40. The zero-order valence-electron chi connectivity index (χ0n) is 10.3. The van der Waals surface area contributed by atoms with Crippen LogP contribution < -0.4 is 0 Å². The van der Waals surface area contributed by atoms with Gasteiger partial charge in [-0.2, -0.15) is 4.31 Å². The summed E-state index contributed by atoms with van der Waals surface area (Å²) in [6.45, 7) is -0.127. The van der Waals surface area contributed by atoms with Crippen molar-refractivity contribution in [3.63, 3.8) is 0 Å². The van der Waals surface area contributed by atoms with E-state index in [1.54, 1.807) is 18.2 Å². The van der Waals surface area contributed by atoms with Gasteiger partial charge >= 0.3 is 5.97 Å². The van der Waals surface area contributed by atoms with E-state index in [0.717, 1.165) is 4.31 Å². The maximum absolute atomic E-state index is 12.4. The minimum absolute atomic E-state index is 0.0211. The number of hydrogen-bond donors (Lipinski definition) is 1. The molecule has 0 aliphatic carbocycles. The maximum Gasteiger partial charge on any atom is 0.322 e. The third-order valence-corrected chi connectivity index (χ3v) is 4.97. The quantitative estimate of drug-likeness (QED) is 0.509. The highest BCUT2D eigenvalue weighted by Gasteiger charge is 2.43. The van der Waals surface area contributed by atoms with Crippen LogP contribution in [0.2, 0.25) is 0 Å². The SMILES string of the molecule is [N-]=[N+]=NC1C[C@@H](C(=O)O)N(S(=O)(=O)c2ccccc2)C1. The highest BCUT2D eigenvalue weighted by Crippen LogP contribution is 2.28. The molecule has 0 radical (unpaired) electrons. The van der Waals surface area contributed by atoms with Gasteiger partial charge in [0.1, 0.15) is 6.04 Å². The third-order valence-electron chi connectivity index (χ3n) is 3.08. The molecule has 8 nitrogen and oxygen atoms in total. The van der Waals surface area contributed by atoms with Gasteiger partial charge in [-0.25, -0.2) is 8.42 Å². The molecule has 1 aromatic rings. The zero-order valence-corrected chi connectivity index (χ0v) is 11.1. The second kappa shape index (κ2) is 5.49. The smallest absolute Gasteiger partial charge is 0.322 e. The highest BCUT2D eigenvalue weighted by atomic mass is 32.2. The van der Waals surface area contributed by atoms with Crippen molar-refractivity contribution in [1.82, 2.24) is 4.31 Å². The lowest BCUT2D eigenvalue weighted by atomic mass is 10.2. The van der Waals surface area contributed by atoms with Crippen molar-refractivity contribution in [1.29, 1.82) is 0 Å². The Morgan fingerprint density at radius 1 is 1.40 bits per heavy atom. The van der Waals surface area contributed by atoms with Crippen molar-refractivity contribution in [2.24, 2.45) is 5.11 Å². The number of hydrogen-bond acceptors (Lipinski definition) is 4. The Hall–Kier alpha value is -2.09. The Kier molecular flexibility index (Phi) is 3.93. The topological polar surface area (TPSA) is 123 Å². The van der Waals surface area contributed by atoms with Crippen molar-refractivity contribution >= 4 is 16.0 Å². The van der Waals surface area contributed by atoms with Crippen molar-refractivity contribution in [2.45, 2.75) is 23.4 Å². The Morgan fingerprint density at radius 3 is 2.60 bits per heavy atom. The van der Waals surface area contributed by atoms with Gasteiger partial charge in [-0.05, 0) is 24.1 Å². The van der Waals surface area contributed by atoms with E-state index in [2.05, 4.69) is 10.0 Å². The second-order valence-corrected chi connectivity index (χ2v) is 6.23. The minimum atomic E-state index is -3.91. The van der Waals surface area contributed by atoms with Crippen LogP contribution in [-0.4, -0.2) is 42.4 Å². The van der Waals surface area contributed by atoms with Crippen LogP contribution in [0.4, 0.5) is 0 Å². The molecule has 0 aromatic heterocycles. The number of nitrogens with zero attached hydrogens (tertiary/aromatic N) is 4. The zero-order chi connectivity index (χ0) is 14.8. The largest absolute Gasteiger partial charge is 0.480 e. The van der Waals surface area contributed by atoms with Gasteiger partial charge < -0.3 is 5.11 Å². The predicted molar refractivity (Wildman–Crippen MR) is 69.3 cm³/mol. The summed E-state index contributed by atoms with van der Waals surface area (Å²) in [5.74, 6) is -1.25. The van der Waals surface area contributed by atoms with Crippen LogP contribution in [-0.2, 0) is 14.8 Å². The Bertz CT molecular complexity index is 654. The minimum Gasteiger partial charge on any atom is -0.480 e. The average molecular weight is 296 g/mol. The molecule has 1 saturated heterocycles. The maximum atomic E-state index is 12.4. The molecule has 2 atom stereocenters. The van der Waals surface area contributed by atoms with Crippen LogP contribution in [0, 0.1) is 0 Å². The number of rotatable bonds is 4. The molecule has 0 bridgehead atoms. The van der Waals surface area contributed by atoms with E-state index < -0.39 is 28.1 Å². The summed E-state index contributed by atoms with van der Waals surface area (Å²) in [6, 6.07) is 5.70. The van der Waals surface area contributed by atoms with Gasteiger partial charge in [0.15, 0.2) is 0 Å². The number of carbonyl (C=O) groups is 1. The number of sulfonamides is 1. The van der Waals surface area contributed by atoms with Gasteiger partial charge in [0.2, 0.25) is 10.0 Å². The molecule has 0 amide bonds. The standard InChI is InChI=1S/C11H12N4O4S/c12-14-13-8-6-10(11(16)17)15(7-8)20(18,19)9-4-2-1-3-5-9/h1-5,8,10H,6-7H2,(H,16,17)/t8?,10-/m0/s1. The lowest BCUT2D eigenvalue weighted by molar-refractivity contribution is -0.140. The first kappa shape index (κ1) is 14.3. The summed E-state index contributed by atoms with van der Waals surface area (Å²) in [6.07, 6.45) is -0.0224. The van der Waals surface area contributed by atoms with E-state index in [4.69, 9.17) is 10.6 Å². The van der Waals surface area contributed by atoms with Crippen LogP contribution in [0.3, 0.4) is 0 Å². The fraction of sp³-hybridized carbons (Fsp3) is 0.364. The first-order valence-electron chi connectivity index (χ1n) is 5.80. The van der Waals surface area contributed by atoms with Crippen molar-refractivity contribution in [3.05, 3.63) is 40.8 Å². The van der Waals surface area contributed by atoms with Crippen LogP contribution in [0.5, 0.6) is 0 Å². The Balaban J connectivity index is 2.39. The first-order chi connectivity index (χ1) is 9.46. The molecular formula is C11H12N4O4S. The molecule has 1 unspecified atom stereocenters. The normalized spacial score (nSPS) is 23.2. The van der Waals surface area contributed by atoms with E-state index in [0.29, 0.717) is 0 Å². The molecule has 1 aromatic carbocycles. The summed E-state index contributed by atoms with van der Waals surface area (Å²) < 4.78 is 25.7. The highest BCUT2D eigenvalue weighted by molar-refractivity contribution is 7.89. The van der Waals surface area contributed by atoms with Gasteiger partial charge in [0, 0.05) is 11.5 Å². The third kappa shape index (κ3) is 2.60. The monoisotopic (exact) mass is 296 g/mol. The van der Waals surface area contributed by atoms with Gasteiger partial charge in [0.05, 0.1) is 10.9 Å². The van der Waals surface area contributed by atoms with Crippen LogP contribution in [0.15, 0.2) is 40.3 Å². The molecule has 1 heterocycles. The molecule has 0 spiro atoms. The lowest BCUT2D eigenvalue weighted by Gasteiger charge is -2.20. The van der Waals surface area contributed by atoms with Gasteiger partial charge in [-0.15, -0.1) is 0 Å². The molecule has 1 fully saturated rings. The molecule has 2 rings (SSSR count). The number of aliphatic carboxylic acids is 1. The number of azide groups is 1. The summed E-state index contributed by atoms with van der Waals surface area (Å²) in [5, 5.41) is 12.6. The van der Waals surface area contributed by atoms with E-state index >= 15 is 0 Å². The fourth-order valence-corrected chi connectivity index (χ4v) is 3.81. The molecule has 9 heteroatoms. The summed E-state index contributed by atoms with van der Waals surface area (Å²) >= 11 is 0. The fourth-order valence-electron chi connectivity index (χ4n) is 2.16. The van der Waals surface area contributed by atoms with Crippen LogP contribution in [0.25, 0.3) is 10.4 Å². The average Bonchev–Trinajstić information content (AvgIpc) is 2.85. The number of carboxylic acids is 1. The molecule has 1 aliphatic rings. The van der Waals surface area contributed by atoms with Gasteiger partial charge in [-0.3, -0.25) is 4.79 Å². The number of benzene rings is 1. The lowest BCUT2D eigenvalue weighted by Crippen LogP contribution is -2.40. The molecule has 106 valence electrons. The molecule has 20 heavy (non-hydrogen) atoms. The first-order valence-corrected chi connectivity index (χ1v) is 7.24. The van der Waals surface area contributed by atoms with E-state index in [1.807, 2.05) is 0 Å². The van der Waals surface area contributed by atoms with Crippen LogP contribution >= 0.6 is 0 Å². The predicted octanol–water partition coefficient (Wildman–Crippen LogP) is 1.21. The molecular weight excluding hydrogens is 284 g/mol. The van der Waals surface area contributed by atoms with Crippen molar-refractivity contribution < 1.29 is 18.3 Å².